The lowest BCUT2D eigenvalue weighted by atomic mass is 10.2. The van der Waals surface area contributed by atoms with Gasteiger partial charge in [-0.05, 0) is 67.1 Å². The lowest BCUT2D eigenvalue weighted by molar-refractivity contribution is -0.118. The molecule has 11 heteroatoms. The molecule has 0 spiro atoms. The van der Waals surface area contributed by atoms with Crippen LogP contribution in [-0.2, 0) is 24.8 Å². The molecule has 0 aliphatic carbocycles. The summed E-state index contributed by atoms with van der Waals surface area (Å²) >= 11 is 0. The SMILES string of the molecule is Cc1cc(S(=O)(=O)Nc2ccccc2)ccc1OCC(=O)Nc1ccc(S(N)(=O)=O)cc1. The number of amides is 1. The summed E-state index contributed by atoms with van der Waals surface area (Å²) in [5, 5.41) is 7.60. The van der Waals surface area contributed by atoms with Crippen LogP contribution in [0.3, 0.4) is 0 Å². The van der Waals surface area contributed by atoms with E-state index in [0.717, 1.165) is 0 Å². The molecule has 0 saturated heterocycles. The summed E-state index contributed by atoms with van der Waals surface area (Å²) in [6.45, 7) is 1.34. The van der Waals surface area contributed by atoms with Gasteiger partial charge in [-0.3, -0.25) is 9.52 Å². The van der Waals surface area contributed by atoms with Crippen LogP contribution in [0.1, 0.15) is 5.56 Å². The summed E-state index contributed by atoms with van der Waals surface area (Å²) in [4.78, 5) is 12.1. The van der Waals surface area contributed by atoms with Crippen molar-refractivity contribution in [1.29, 1.82) is 0 Å². The fourth-order valence-electron chi connectivity index (χ4n) is 2.74. The van der Waals surface area contributed by atoms with Crippen molar-refractivity contribution in [2.24, 2.45) is 5.14 Å². The minimum absolute atomic E-state index is 0.0607. The molecule has 0 saturated carbocycles. The van der Waals surface area contributed by atoms with Gasteiger partial charge in [-0.2, -0.15) is 0 Å². The summed E-state index contributed by atoms with van der Waals surface area (Å²) in [5.41, 5.74) is 1.35. The van der Waals surface area contributed by atoms with Crippen LogP contribution in [0.2, 0.25) is 0 Å². The Hall–Kier alpha value is -3.41. The summed E-state index contributed by atoms with van der Waals surface area (Å²) in [6, 6.07) is 18.2. The van der Waals surface area contributed by atoms with E-state index in [1.807, 2.05) is 0 Å². The van der Waals surface area contributed by atoms with Gasteiger partial charge in [0.1, 0.15) is 5.75 Å². The molecule has 0 unspecified atom stereocenters. The van der Waals surface area contributed by atoms with Crippen LogP contribution in [0.15, 0.2) is 82.6 Å². The van der Waals surface area contributed by atoms with Gasteiger partial charge in [0, 0.05) is 11.4 Å². The normalized spacial score (nSPS) is 11.6. The van der Waals surface area contributed by atoms with Crippen LogP contribution >= 0.6 is 0 Å². The molecule has 9 nitrogen and oxygen atoms in total. The molecule has 0 radical (unpaired) electrons. The van der Waals surface area contributed by atoms with Gasteiger partial charge in [0.25, 0.3) is 15.9 Å². The molecule has 3 rings (SSSR count). The Morgan fingerprint density at radius 3 is 2.09 bits per heavy atom. The molecule has 32 heavy (non-hydrogen) atoms. The first-order chi connectivity index (χ1) is 15.0. The highest BCUT2D eigenvalue weighted by Crippen LogP contribution is 2.23. The lowest BCUT2D eigenvalue weighted by Gasteiger charge is -2.12. The minimum Gasteiger partial charge on any atom is -0.483 e. The minimum atomic E-state index is -3.82. The largest absolute Gasteiger partial charge is 0.483 e. The third kappa shape index (κ3) is 6.06. The standard InChI is InChI=1S/C21H21N3O6S2/c1-15-13-19(32(28,29)24-17-5-3-2-4-6-17)11-12-20(15)30-14-21(25)23-16-7-9-18(10-8-16)31(22,26)27/h2-13,24H,14H2,1H3,(H,23,25)(H2,22,26,27). The van der Waals surface area contributed by atoms with E-state index < -0.39 is 26.0 Å². The van der Waals surface area contributed by atoms with Crippen molar-refractivity contribution in [2.45, 2.75) is 16.7 Å². The Morgan fingerprint density at radius 2 is 1.50 bits per heavy atom. The highest BCUT2D eigenvalue weighted by atomic mass is 32.2. The van der Waals surface area contributed by atoms with E-state index in [1.54, 1.807) is 37.3 Å². The van der Waals surface area contributed by atoms with Crippen LogP contribution in [-0.4, -0.2) is 29.3 Å². The maximum absolute atomic E-state index is 12.6. The number of ether oxygens (including phenoxy) is 1. The Labute approximate surface area is 186 Å². The van der Waals surface area contributed by atoms with Gasteiger partial charge in [0.2, 0.25) is 10.0 Å². The third-order valence-electron chi connectivity index (χ3n) is 4.31. The van der Waals surface area contributed by atoms with Crippen LogP contribution in [0.5, 0.6) is 5.75 Å². The van der Waals surface area contributed by atoms with Crippen molar-refractivity contribution in [1.82, 2.24) is 0 Å². The van der Waals surface area contributed by atoms with Gasteiger partial charge < -0.3 is 10.1 Å². The number of nitrogens with two attached hydrogens (primary N) is 1. The maximum Gasteiger partial charge on any atom is 0.262 e. The average Bonchev–Trinajstić information content (AvgIpc) is 2.73. The van der Waals surface area contributed by atoms with Crippen LogP contribution in [0.4, 0.5) is 11.4 Å². The van der Waals surface area contributed by atoms with Gasteiger partial charge in [0.15, 0.2) is 6.61 Å². The summed E-state index contributed by atoms with van der Waals surface area (Å²) < 4.78 is 55.6. The van der Waals surface area contributed by atoms with E-state index in [-0.39, 0.29) is 16.4 Å². The molecule has 0 aliphatic heterocycles. The molecule has 1 amide bonds. The van der Waals surface area contributed by atoms with E-state index in [4.69, 9.17) is 9.88 Å². The predicted molar refractivity (Wildman–Crippen MR) is 120 cm³/mol. The predicted octanol–water partition coefficient (Wildman–Crippen LogP) is 2.46. The monoisotopic (exact) mass is 475 g/mol. The Bertz CT molecular complexity index is 1320. The molecule has 0 fully saturated rings. The second kappa shape index (κ2) is 9.39. The topological polar surface area (TPSA) is 145 Å². The summed E-state index contributed by atoms with van der Waals surface area (Å²) in [6.07, 6.45) is 0. The highest BCUT2D eigenvalue weighted by molar-refractivity contribution is 7.92. The molecule has 0 aromatic heterocycles. The van der Waals surface area contributed by atoms with E-state index >= 15 is 0 Å². The number of rotatable bonds is 8. The fourth-order valence-corrected chi connectivity index (χ4v) is 4.40. The first-order valence-corrected chi connectivity index (χ1v) is 12.3. The molecule has 3 aromatic carbocycles. The zero-order valence-electron chi connectivity index (χ0n) is 17.0. The van der Waals surface area contributed by atoms with Gasteiger partial charge in [-0.15, -0.1) is 0 Å². The van der Waals surface area contributed by atoms with E-state index in [0.29, 0.717) is 22.7 Å². The summed E-state index contributed by atoms with van der Waals surface area (Å²) in [5.74, 6) is -0.126. The number of hydrogen-bond acceptors (Lipinski definition) is 6. The van der Waals surface area contributed by atoms with Crippen molar-refractivity contribution in [2.75, 3.05) is 16.6 Å². The number of hydrogen-bond donors (Lipinski definition) is 3. The number of carbonyl (C=O) groups excluding carboxylic acids is 1. The number of nitrogens with one attached hydrogen (secondary N) is 2. The second-order valence-corrected chi connectivity index (χ2v) is 10.0. The Kier molecular flexibility index (Phi) is 6.82. The Balaban J connectivity index is 1.61. The fraction of sp³-hybridized carbons (Fsp3) is 0.0952. The van der Waals surface area contributed by atoms with E-state index in [2.05, 4.69) is 10.0 Å². The molecule has 168 valence electrons. The molecular formula is C21H21N3O6S2. The van der Waals surface area contributed by atoms with Crippen molar-refractivity contribution in [3.05, 3.63) is 78.4 Å². The molecule has 0 bridgehead atoms. The summed E-state index contributed by atoms with van der Waals surface area (Å²) in [7, 11) is -7.59. The van der Waals surface area contributed by atoms with Crippen molar-refractivity contribution < 1.29 is 26.4 Å². The van der Waals surface area contributed by atoms with Crippen LogP contribution in [0, 0.1) is 6.92 Å². The average molecular weight is 476 g/mol. The molecule has 0 heterocycles. The number of carbonyl (C=O) groups is 1. The second-order valence-electron chi connectivity index (χ2n) is 6.81. The quantitative estimate of drug-likeness (QED) is 0.456. The first-order valence-electron chi connectivity index (χ1n) is 9.29. The smallest absolute Gasteiger partial charge is 0.262 e. The zero-order valence-corrected chi connectivity index (χ0v) is 18.6. The maximum atomic E-state index is 12.6. The molecule has 0 atom stereocenters. The van der Waals surface area contributed by atoms with E-state index in [1.165, 1.54) is 42.5 Å². The van der Waals surface area contributed by atoms with Crippen molar-refractivity contribution >= 4 is 37.3 Å². The first kappa shape index (κ1) is 23.3. The molecule has 4 N–H and O–H groups in total. The molecular weight excluding hydrogens is 454 g/mol. The number of benzene rings is 3. The lowest BCUT2D eigenvalue weighted by Crippen LogP contribution is -2.20. The third-order valence-corrected chi connectivity index (χ3v) is 6.62. The van der Waals surface area contributed by atoms with Gasteiger partial charge in [0.05, 0.1) is 9.79 Å². The van der Waals surface area contributed by atoms with E-state index in [9.17, 15) is 21.6 Å². The number of anilines is 2. The number of aryl methyl sites for hydroxylation is 1. The van der Waals surface area contributed by atoms with Gasteiger partial charge >= 0.3 is 0 Å². The molecule has 3 aromatic rings. The zero-order chi connectivity index (χ0) is 23.4. The van der Waals surface area contributed by atoms with Crippen LogP contribution in [0.25, 0.3) is 0 Å². The highest BCUT2D eigenvalue weighted by Gasteiger charge is 2.16. The number of sulfonamides is 2. The number of para-hydroxylation sites is 1. The number of primary sulfonamides is 1. The van der Waals surface area contributed by atoms with Crippen molar-refractivity contribution in [3.63, 3.8) is 0 Å². The van der Waals surface area contributed by atoms with Gasteiger partial charge in [-0.25, -0.2) is 22.0 Å². The van der Waals surface area contributed by atoms with Crippen molar-refractivity contribution in [3.8, 4) is 5.75 Å². The van der Waals surface area contributed by atoms with Gasteiger partial charge in [-0.1, -0.05) is 18.2 Å². The van der Waals surface area contributed by atoms with Crippen LogP contribution < -0.4 is 19.9 Å². The molecule has 0 aliphatic rings. The Morgan fingerprint density at radius 1 is 0.875 bits per heavy atom.